The molecule has 1 aliphatic rings. The van der Waals surface area contributed by atoms with Crippen LogP contribution in [0, 0.1) is 6.92 Å². The van der Waals surface area contributed by atoms with Gasteiger partial charge in [0.25, 0.3) is 5.91 Å². The lowest BCUT2D eigenvalue weighted by molar-refractivity contribution is -0.158. The van der Waals surface area contributed by atoms with Crippen LogP contribution < -0.4 is 14.8 Å². The number of benzene rings is 2. The van der Waals surface area contributed by atoms with E-state index in [0.29, 0.717) is 22.8 Å². The van der Waals surface area contributed by atoms with Crippen LogP contribution in [-0.4, -0.2) is 47.2 Å². The third-order valence-electron chi connectivity index (χ3n) is 6.41. The fraction of sp³-hybridized carbons (Fsp3) is 0.400. The maximum atomic E-state index is 13.1. The summed E-state index contributed by atoms with van der Waals surface area (Å²) in [7, 11) is 0. The molecule has 1 aliphatic carbocycles. The van der Waals surface area contributed by atoms with Crippen LogP contribution in [0.2, 0.25) is 0 Å². The number of halogens is 3. The SMILES string of the molecule is CCOC(=O)C(C)(C)Oc1ccc(OCCNC(=O)c2cnc(-c3cccc(C(F)(F)F)c3)nc2C2CC2)cc1C. The Morgan fingerprint density at radius 1 is 1.10 bits per heavy atom. The highest BCUT2D eigenvalue weighted by Gasteiger charge is 2.33. The van der Waals surface area contributed by atoms with E-state index in [2.05, 4.69) is 15.3 Å². The summed E-state index contributed by atoms with van der Waals surface area (Å²) in [5.41, 5.74) is -0.116. The van der Waals surface area contributed by atoms with Crippen molar-refractivity contribution in [1.82, 2.24) is 15.3 Å². The summed E-state index contributed by atoms with van der Waals surface area (Å²) in [5, 5.41) is 2.79. The van der Waals surface area contributed by atoms with Gasteiger partial charge >= 0.3 is 12.1 Å². The highest BCUT2D eigenvalue weighted by atomic mass is 19.4. The number of nitrogens with one attached hydrogen (secondary N) is 1. The number of nitrogens with zero attached hydrogens (tertiary/aromatic N) is 2. The summed E-state index contributed by atoms with van der Waals surface area (Å²) in [6.45, 7) is 7.47. The quantitative estimate of drug-likeness (QED) is 0.227. The number of alkyl halides is 3. The van der Waals surface area contributed by atoms with Crippen molar-refractivity contribution in [2.75, 3.05) is 19.8 Å². The molecule has 0 radical (unpaired) electrons. The van der Waals surface area contributed by atoms with E-state index in [1.54, 1.807) is 39.0 Å². The molecule has 3 aromatic rings. The molecule has 8 nitrogen and oxygen atoms in total. The molecule has 1 fully saturated rings. The van der Waals surface area contributed by atoms with Crippen molar-refractivity contribution in [1.29, 1.82) is 0 Å². The average Bonchev–Trinajstić information content (AvgIpc) is 3.77. The Bertz CT molecular complexity index is 1420. The molecule has 218 valence electrons. The third kappa shape index (κ3) is 7.53. The largest absolute Gasteiger partial charge is 0.492 e. The number of aryl methyl sites for hydroxylation is 1. The maximum Gasteiger partial charge on any atom is 0.416 e. The number of rotatable bonds is 11. The van der Waals surface area contributed by atoms with Crippen molar-refractivity contribution in [3.05, 3.63) is 71.0 Å². The first-order chi connectivity index (χ1) is 19.4. The van der Waals surface area contributed by atoms with Crippen LogP contribution in [0.4, 0.5) is 13.2 Å². The molecular weight excluding hydrogens is 539 g/mol. The van der Waals surface area contributed by atoms with E-state index >= 15 is 0 Å². The van der Waals surface area contributed by atoms with Crippen LogP contribution in [0.1, 0.15) is 66.7 Å². The number of amides is 1. The van der Waals surface area contributed by atoms with Crippen LogP contribution in [0.5, 0.6) is 11.5 Å². The molecule has 0 bridgehead atoms. The van der Waals surface area contributed by atoms with Crippen LogP contribution in [-0.2, 0) is 15.7 Å². The van der Waals surface area contributed by atoms with Crippen LogP contribution >= 0.6 is 0 Å². The average molecular weight is 572 g/mol. The van der Waals surface area contributed by atoms with Crippen LogP contribution in [0.3, 0.4) is 0 Å². The van der Waals surface area contributed by atoms with Crippen molar-refractivity contribution < 1.29 is 37.0 Å². The standard InChI is InChI=1S/C30H32F3N3O5/c1-5-39-28(38)29(3,4)41-24-12-11-22(15-18(24)2)40-14-13-34-27(37)23-17-35-26(36-25(23)19-9-10-19)20-7-6-8-21(16-20)30(31,32)33/h6-8,11-12,15-17,19H,5,9-10,13-14H2,1-4H3,(H,34,37). The van der Waals surface area contributed by atoms with Crippen molar-refractivity contribution in [3.63, 3.8) is 0 Å². The molecule has 1 heterocycles. The van der Waals surface area contributed by atoms with Gasteiger partial charge in [0.2, 0.25) is 0 Å². The van der Waals surface area contributed by atoms with Crippen molar-refractivity contribution >= 4 is 11.9 Å². The normalized spacial score (nSPS) is 13.4. The number of hydrogen-bond acceptors (Lipinski definition) is 7. The van der Waals surface area contributed by atoms with Crippen molar-refractivity contribution in [3.8, 4) is 22.9 Å². The highest BCUT2D eigenvalue weighted by molar-refractivity contribution is 5.95. The minimum atomic E-state index is -4.48. The lowest BCUT2D eigenvalue weighted by atomic mass is 10.1. The van der Waals surface area contributed by atoms with Gasteiger partial charge in [-0.1, -0.05) is 12.1 Å². The molecule has 1 saturated carbocycles. The van der Waals surface area contributed by atoms with Crippen molar-refractivity contribution in [2.45, 2.75) is 58.2 Å². The highest BCUT2D eigenvalue weighted by Crippen LogP contribution is 2.41. The summed E-state index contributed by atoms with van der Waals surface area (Å²) in [5.74, 6) is 0.446. The molecule has 11 heteroatoms. The summed E-state index contributed by atoms with van der Waals surface area (Å²) < 4.78 is 56.1. The van der Waals surface area contributed by atoms with Gasteiger partial charge in [0, 0.05) is 17.7 Å². The van der Waals surface area contributed by atoms with E-state index in [0.717, 1.165) is 30.5 Å². The second-order valence-corrected chi connectivity index (χ2v) is 10.2. The molecule has 1 amide bonds. The zero-order valence-corrected chi connectivity index (χ0v) is 23.3. The predicted octanol–water partition coefficient (Wildman–Crippen LogP) is 5.88. The molecule has 4 rings (SSSR count). The van der Waals surface area contributed by atoms with E-state index in [4.69, 9.17) is 14.2 Å². The minimum Gasteiger partial charge on any atom is -0.492 e. The van der Waals surface area contributed by atoms with E-state index in [1.165, 1.54) is 18.3 Å². The Labute approximate surface area is 236 Å². The zero-order valence-electron chi connectivity index (χ0n) is 23.3. The van der Waals surface area contributed by atoms with Crippen LogP contribution in [0.25, 0.3) is 11.4 Å². The van der Waals surface area contributed by atoms with Gasteiger partial charge in [-0.15, -0.1) is 0 Å². The molecule has 1 aromatic heterocycles. The second kappa shape index (κ2) is 12.2. The van der Waals surface area contributed by atoms with Gasteiger partial charge in [-0.2, -0.15) is 13.2 Å². The monoisotopic (exact) mass is 571 g/mol. The van der Waals surface area contributed by atoms with E-state index in [-0.39, 0.29) is 43.0 Å². The molecular formula is C30H32F3N3O5. The lowest BCUT2D eigenvalue weighted by Crippen LogP contribution is -2.39. The summed E-state index contributed by atoms with van der Waals surface area (Å²) in [6.07, 6.45) is -1.42. The number of hydrogen-bond donors (Lipinski definition) is 1. The minimum absolute atomic E-state index is 0.0667. The van der Waals surface area contributed by atoms with Gasteiger partial charge in [-0.3, -0.25) is 4.79 Å². The summed E-state index contributed by atoms with van der Waals surface area (Å²) in [6, 6.07) is 10.00. The lowest BCUT2D eigenvalue weighted by Gasteiger charge is -2.25. The van der Waals surface area contributed by atoms with Gasteiger partial charge in [-0.25, -0.2) is 14.8 Å². The van der Waals surface area contributed by atoms with E-state index in [1.807, 2.05) is 6.92 Å². The summed E-state index contributed by atoms with van der Waals surface area (Å²) >= 11 is 0. The van der Waals surface area contributed by atoms with Gasteiger partial charge in [0.1, 0.15) is 18.1 Å². The molecule has 0 spiro atoms. The Kier molecular flexibility index (Phi) is 8.84. The van der Waals surface area contributed by atoms with Crippen LogP contribution in [0.15, 0.2) is 48.7 Å². The molecule has 0 saturated heterocycles. The van der Waals surface area contributed by atoms with Crippen molar-refractivity contribution in [2.24, 2.45) is 0 Å². The summed E-state index contributed by atoms with van der Waals surface area (Å²) in [4.78, 5) is 33.7. The third-order valence-corrected chi connectivity index (χ3v) is 6.41. The molecule has 1 N–H and O–H groups in total. The number of esters is 1. The predicted molar refractivity (Wildman–Crippen MR) is 145 cm³/mol. The fourth-order valence-corrected chi connectivity index (χ4v) is 4.09. The Balaban J connectivity index is 1.35. The van der Waals surface area contributed by atoms with Gasteiger partial charge in [0.05, 0.1) is 30.0 Å². The van der Waals surface area contributed by atoms with Gasteiger partial charge < -0.3 is 19.5 Å². The molecule has 2 aromatic carbocycles. The number of ether oxygens (including phenoxy) is 3. The zero-order chi connectivity index (χ0) is 29.8. The Hall–Kier alpha value is -4.15. The maximum absolute atomic E-state index is 13.1. The second-order valence-electron chi connectivity index (χ2n) is 10.2. The first-order valence-electron chi connectivity index (χ1n) is 13.3. The van der Waals surface area contributed by atoms with Gasteiger partial charge in [0.15, 0.2) is 11.4 Å². The molecule has 0 unspecified atom stereocenters. The topological polar surface area (TPSA) is 99.6 Å². The first-order valence-corrected chi connectivity index (χ1v) is 13.3. The van der Waals surface area contributed by atoms with E-state index in [9.17, 15) is 22.8 Å². The van der Waals surface area contributed by atoms with E-state index < -0.39 is 23.3 Å². The first kappa shape index (κ1) is 29.8. The molecule has 41 heavy (non-hydrogen) atoms. The fourth-order valence-electron chi connectivity index (χ4n) is 4.09. The van der Waals surface area contributed by atoms with Gasteiger partial charge in [-0.05, 0) is 76.4 Å². The number of aromatic nitrogens is 2. The molecule has 0 atom stereocenters. The Morgan fingerprint density at radius 3 is 2.51 bits per heavy atom. The smallest absolute Gasteiger partial charge is 0.416 e. The number of carbonyl (C=O) groups excluding carboxylic acids is 2. The number of carbonyl (C=O) groups is 2. The Morgan fingerprint density at radius 2 is 1.85 bits per heavy atom. The molecule has 0 aliphatic heterocycles.